The smallest absolute Gasteiger partial charge is 0.550 e. The number of carboxylic acids is 2. The number of hydrogen-bond acceptors (Lipinski definition) is 5. The number of ether oxygens (including phenoxy) is 1. The van der Waals surface area contributed by atoms with Gasteiger partial charge in [-0.2, -0.15) is 0 Å². The molecule has 0 amide bonds. The van der Waals surface area contributed by atoms with Gasteiger partial charge in [-0.15, -0.1) is 0 Å². The molecule has 0 rings (SSSR count). The molecule has 3 N–H and O–H groups in total. The van der Waals surface area contributed by atoms with Crippen LogP contribution in [0, 0.1) is 0 Å². The van der Waals surface area contributed by atoms with Crippen LogP contribution >= 0.6 is 0 Å². The fraction of sp³-hybridized carbons (Fsp3) is 0.846. The van der Waals surface area contributed by atoms with E-state index in [1.54, 1.807) is 6.92 Å². The van der Waals surface area contributed by atoms with Gasteiger partial charge in [0.15, 0.2) is 0 Å². The molecule has 7 heteroatoms. The number of rotatable bonds is 7. The Balaban J connectivity index is -0.000000101. The minimum Gasteiger partial charge on any atom is -0.550 e. The van der Waals surface area contributed by atoms with Crippen molar-refractivity contribution in [3.8, 4) is 0 Å². The van der Waals surface area contributed by atoms with Crippen molar-refractivity contribution in [1.29, 1.82) is 0 Å². The summed E-state index contributed by atoms with van der Waals surface area (Å²) in [6, 6.07) is 0. The van der Waals surface area contributed by atoms with Crippen LogP contribution in [-0.4, -0.2) is 29.9 Å². The number of carboxylic acid groups (broad SMARTS) is 2. The summed E-state index contributed by atoms with van der Waals surface area (Å²) in [5.41, 5.74) is 5.49. The number of hydrogen-bond donors (Lipinski definition) is 2. The van der Waals surface area contributed by atoms with Gasteiger partial charge >= 0.3 is 35.5 Å². The summed E-state index contributed by atoms with van der Waals surface area (Å²) in [5, 5.41) is 17.0. The summed E-state index contributed by atoms with van der Waals surface area (Å²) >= 11 is 0. The van der Waals surface area contributed by atoms with Gasteiger partial charge in [0, 0.05) is 19.0 Å². The Morgan fingerprint density at radius 2 is 1.60 bits per heavy atom. The molecule has 20 heavy (non-hydrogen) atoms. The van der Waals surface area contributed by atoms with Gasteiger partial charge in [-0.3, -0.25) is 4.79 Å². The van der Waals surface area contributed by atoms with Gasteiger partial charge in [0.25, 0.3) is 0 Å². The molecule has 0 spiro atoms. The summed E-state index contributed by atoms with van der Waals surface area (Å²) < 4.78 is 5.21. The minimum absolute atomic E-state index is 0. The number of aliphatic carboxylic acids is 2. The Bertz CT molecular complexity index is 201. The molecular weight excluding hydrogens is 273 g/mol. The van der Waals surface area contributed by atoms with E-state index < -0.39 is 11.9 Å². The number of carbonyl (C=O) groups excluding carboxylic acids is 1. The molecule has 6 nitrogen and oxygen atoms in total. The van der Waals surface area contributed by atoms with Crippen molar-refractivity contribution < 1.29 is 54.1 Å². The Morgan fingerprint density at radius 1 is 1.20 bits per heavy atom. The first kappa shape index (κ1) is 28.1. The molecule has 116 valence electrons. The third kappa shape index (κ3) is 43.0. The van der Waals surface area contributed by atoms with Crippen molar-refractivity contribution in [3.05, 3.63) is 0 Å². The van der Waals surface area contributed by atoms with Gasteiger partial charge in [0.1, 0.15) is 6.23 Å². The molecule has 1 unspecified atom stereocenters. The molecule has 0 saturated carbocycles. The van der Waals surface area contributed by atoms with Crippen molar-refractivity contribution in [2.75, 3.05) is 6.61 Å². The predicted molar refractivity (Wildman–Crippen MR) is 72.4 cm³/mol. The first-order valence-corrected chi connectivity index (χ1v) is 6.64. The molecule has 0 aliphatic heterocycles. The van der Waals surface area contributed by atoms with Crippen LogP contribution in [0.1, 0.15) is 59.8 Å². The second-order valence-electron chi connectivity index (χ2n) is 3.64. The molecule has 1 atom stereocenters. The van der Waals surface area contributed by atoms with Crippen LogP contribution < -0.4 is 40.4 Å². The number of carbonyl (C=O) groups is 2. The Morgan fingerprint density at radius 3 is 1.80 bits per heavy atom. The monoisotopic (exact) mass is 301 g/mol. The van der Waals surface area contributed by atoms with Crippen molar-refractivity contribution in [1.82, 2.24) is 0 Å². The van der Waals surface area contributed by atoms with Crippen molar-refractivity contribution >= 4 is 11.9 Å². The maximum absolute atomic E-state index is 9.37. The third-order valence-corrected chi connectivity index (χ3v) is 1.82. The largest absolute Gasteiger partial charge is 1.00 e. The summed E-state index contributed by atoms with van der Waals surface area (Å²) in [4.78, 5) is 18.6. The average Bonchev–Trinajstić information content (AvgIpc) is 2.40. The fourth-order valence-corrected chi connectivity index (χ4v) is 0.497. The maximum atomic E-state index is 9.37. The molecule has 0 bridgehead atoms. The molecule has 0 saturated heterocycles. The van der Waals surface area contributed by atoms with Gasteiger partial charge in [0.2, 0.25) is 0 Å². The van der Waals surface area contributed by atoms with Crippen LogP contribution in [0.2, 0.25) is 0 Å². The molecular formula is C13H28NNaO5. The fourth-order valence-electron chi connectivity index (χ4n) is 0.497. The van der Waals surface area contributed by atoms with Gasteiger partial charge in [-0.25, -0.2) is 0 Å². The molecule has 0 heterocycles. The Labute approximate surface area is 144 Å². The predicted octanol–water partition coefficient (Wildman–Crippen LogP) is -1.87. The van der Waals surface area contributed by atoms with E-state index >= 15 is 0 Å². The third-order valence-electron chi connectivity index (χ3n) is 1.82. The Kier molecular flexibility index (Phi) is 33.6. The van der Waals surface area contributed by atoms with E-state index in [-0.39, 0.29) is 48.6 Å². The maximum Gasteiger partial charge on any atom is 1.00 e. The average molecular weight is 301 g/mol. The quantitative estimate of drug-likeness (QED) is 0.323. The second kappa shape index (κ2) is 23.9. The summed E-state index contributed by atoms with van der Waals surface area (Å²) in [6.07, 6.45) is 3.49. The van der Waals surface area contributed by atoms with Gasteiger partial charge in [-0.1, -0.05) is 34.1 Å². The Hall–Kier alpha value is -0.140. The van der Waals surface area contributed by atoms with Crippen LogP contribution in [0.3, 0.4) is 0 Å². The number of nitrogens with two attached hydrogens (primary N) is 1. The van der Waals surface area contributed by atoms with Crippen LogP contribution in [0.15, 0.2) is 0 Å². The van der Waals surface area contributed by atoms with Crippen molar-refractivity contribution in [3.63, 3.8) is 0 Å². The zero-order valence-electron chi connectivity index (χ0n) is 13.5. The van der Waals surface area contributed by atoms with Gasteiger partial charge in [-0.05, 0) is 19.3 Å². The normalized spacial score (nSPS) is 9.85. The summed E-state index contributed by atoms with van der Waals surface area (Å²) in [7, 11) is 0. The van der Waals surface area contributed by atoms with Crippen LogP contribution in [-0.2, 0) is 14.3 Å². The molecule has 0 fully saturated rings. The summed E-state index contributed by atoms with van der Waals surface area (Å²) in [6.45, 7) is 8.11. The van der Waals surface area contributed by atoms with E-state index in [0.29, 0.717) is 0 Å². The van der Waals surface area contributed by atoms with E-state index in [1.807, 2.05) is 6.92 Å². The SMILES string of the molecule is CCC(=O)O.CCC(=O)[O-].CCCCOC(N)CC.[Na+]. The molecule has 0 aromatic carbocycles. The van der Waals surface area contributed by atoms with Crippen LogP contribution in [0.25, 0.3) is 0 Å². The van der Waals surface area contributed by atoms with Crippen LogP contribution in [0.4, 0.5) is 0 Å². The standard InChI is InChI=1S/C7H17NO.2C3H6O2.Na/c1-3-5-6-9-7(8)4-2;2*1-2-3(4)5;/h7H,3-6,8H2,1-2H3;2*2H2,1H3,(H,4,5);/q;;;+1/p-1. The summed E-state index contributed by atoms with van der Waals surface area (Å²) in [5.74, 6) is -1.74. The molecule has 0 aliphatic rings. The molecule has 0 aromatic heterocycles. The number of unbranched alkanes of at least 4 members (excludes halogenated alkanes) is 1. The second-order valence-corrected chi connectivity index (χ2v) is 3.64. The molecule has 0 aromatic rings. The minimum atomic E-state index is -0.995. The van der Waals surface area contributed by atoms with E-state index in [9.17, 15) is 14.7 Å². The first-order chi connectivity index (χ1) is 8.85. The van der Waals surface area contributed by atoms with E-state index in [0.717, 1.165) is 19.4 Å². The molecule has 0 aliphatic carbocycles. The van der Waals surface area contributed by atoms with Crippen LogP contribution in [0.5, 0.6) is 0 Å². The van der Waals surface area contributed by atoms with E-state index in [2.05, 4.69) is 6.92 Å². The van der Waals surface area contributed by atoms with Gasteiger partial charge in [0.05, 0.1) is 0 Å². The zero-order valence-corrected chi connectivity index (χ0v) is 15.5. The van der Waals surface area contributed by atoms with Crippen molar-refractivity contribution in [2.24, 2.45) is 5.73 Å². The zero-order chi connectivity index (χ0) is 15.7. The van der Waals surface area contributed by atoms with E-state index in [4.69, 9.17) is 15.6 Å². The molecule has 0 radical (unpaired) electrons. The van der Waals surface area contributed by atoms with E-state index in [1.165, 1.54) is 13.3 Å². The topological polar surface area (TPSA) is 113 Å². The van der Waals surface area contributed by atoms with Gasteiger partial charge < -0.3 is 25.5 Å². The first-order valence-electron chi connectivity index (χ1n) is 6.64. The van der Waals surface area contributed by atoms with Crippen molar-refractivity contribution in [2.45, 2.75) is 66.0 Å².